The lowest BCUT2D eigenvalue weighted by Gasteiger charge is -2.25. The Bertz CT molecular complexity index is 959. The molecule has 0 bridgehead atoms. The molecule has 3 heterocycles. The number of aromatic amines is 1. The largest absolute Gasteiger partial charge is 0.384 e. The third-order valence-electron chi connectivity index (χ3n) is 4.89. The molecule has 9 heteroatoms. The molecule has 0 radical (unpaired) electrons. The van der Waals surface area contributed by atoms with Gasteiger partial charge >= 0.3 is 0 Å². The van der Waals surface area contributed by atoms with Crippen LogP contribution in [0.4, 0.5) is 5.69 Å². The number of fused-ring (bicyclic) bond motifs is 1. The number of hydrogen-bond donors (Lipinski definition) is 3. The molecule has 0 unspecified atom stereocenters. The van der Waals surface area contributed by atoms with Crippen molar-refractivity contribution in [3.63, 3.8) is 0 Å². The number of carbonyl (C=O) groups is 2. The first-order valence-corrected chi connectivity index (χ1v) is 8.90. The van der Waals surface area contributed by atoms with Gasteiger partial charge in [0.2, 0.25) is 17.8 Å². The Balaban J connectivity index is 1.50. The molecule has 1 saturated heterocycles. The van der Waals surface area contributed by atoms with Crippen LogP contribution in [0.3, 0.4) is 0 Å². The number of aryl methyl sites for hydroxylation is 1. The number of aliphatic imine (C=N–C) groups is 1. The average Bonchev–Trinajstić information content (AvgIpc) is 3.19. The van der Waals surface area contributed by atoms with Gasteiger partial charge in [0, 0.05) is 37.0 Å². The molecule has 0 spiro atoms. The smallest absolute Gasteiger partial charge is 0.229 e. The number of carbonyl (C=O) groups excluding carboxylic acids is 2. The Morgan fingerprint density at radius 1 is 1.15 bits per heavy atom. The molecule has 1 fully saturated rings. The van der Waals surface area contributed by atoms with E-state index in [-0.39, 0.29) is 11.8 Å². The summed E-state index contributed by atoms with van der Waals surface area (Å²) in [6.45, 7) is 0.987. The van der Waals surface area contributed by atoms with Crippen molar-refractivity contribution in [3.8, 4) is 0 Å². The van der Waals surface area contributed by atoms with E-state index in [1.807, 2.05) is 23.1 Å². The molecule has 9 nitrogen and oxygen atoms in total. The maximum Gasteiger partial charge on any atom is 0.229 e. The van der Waals surface area contributed by atoms with Gasteiger partial charge < -0.3 is 16.4 Å². The fraction of sp³-hybridized carbons (Fsp3) is 0.333. The zero-order valence-corrected chi connectivity index (χ0v) is 14.8. The fourth-order valence-corrected chi connectivity index (χ4v) is 3.45. The monoisotopic (exact) mass is 367 g/mol. The van der Waals surface area contributed by atoms with Gasteiger partial charge in [-0.25, -0.2) is 0 Å². The predicted octanol–water partition coefficient (Wildman–Crippen LogP) is 0.579. The number of aromatic nitrogens is 2. The summed E-state index contributed by atoms with van der Waals surface area (Å²) < 4.78 is 0. The van der Waals surface area contributed by atoms with Gasteiger partial charge in [0.05, 0.1) is 11.2 Å². The van der Waals surface area contributed by atoms with Crippen molar-refractivity contribution in [3.05, 3.63) is 35.8 Å². The van der Waals surface area contributed by atoms with Crippen LogP contribution < -0.4 is 16.4 Å². The van der Waals surface area contributed by atoms with Crippen LogP contribution in [0.1, 0.15) is 25.0 Å². The van der Waals surface area contributed by atoms with E-state index in [4.69, 9.17) is 11.5 Å². The van der Waals surface area contributed by atoms with Gasteiger partial charge in [-0.2, -0.15) is 10.1 Å². The Morgan fingerprint density at radius 3 is 2.67 bits per heavy atom. The van der Waals surface area contributed by atoms with Crippen LogP contribution in [0.2, 0.25) is 0 Å². The molecular formula is C18H21N7O2. The SMILES string of the molecule is NC1=CCN(c2ccc3[nH]nc(CCCN4C(=O)CCC4=O)c3c2)C(N)=N1. The Morgan fingerprint density at radius 2 is 1.93 bits per heavy atom. The topological polar surface area (TPSA) is 134 Å². The number of nitrogens with one attached hydrogen (secondary N) is 1. The first-order chi connectivity index (χ1) is 13.0. The summed E-state index contributed by atoms with van der Waals surface area (Å²) in [7, 11) is 0. The molecular weight excluding hydrogens is 346 g/mol. The van der Waals surface area contributed by atoms with Gasteiger partial charge in [-0.15, -0.1) is 0 Å². The third-order valence-corrected chi connectivity index (χ3v) is 4.89. The van der Waals surface area contributed by atoms with Crippen LogP contribution >= 0.6 is 0 Å². The van der Waals surface area contributed by atoms with Gasteiger partial charge in [-0.1, -0.05) is 0 Å². The first kappa shape index (κ1) is 17.1. The molecule has 0 saturated carbocycles. The Hall–Kier alpha value is -3.36. The van der Waals surface area contributed by atoms with Crippen LogP contribution in [-0.2, 0) is 16.0 Å². The molecule has 2 amide bonds. The van der Waals surface area contributed by atoms with Crippen molar-refractivity contribution < 1.29 is 9.59 Å². The van der Waals surface area contributed by atoms with Crippen molar-refractivity contribution in [1.29, 1.82) is 0 Å². The maximum absolute atomic E-state index is 11.7. The molecule has 0 aliphatic carbocycles. The summed E-state index contributed by atoms with van der Waals surface area (Å²) in [6, 6.07) is 5.91. The van der Waals surface area contributed by atoms with E-state index in [0.29, 0.717) is 50.6 Å². The van der Waals surface area contributed by atoms with Crippen LogP contribution in [-0.4, -0.2) is 46.0 Å². The number of nitrogens with two attached hydrogens (primary N) is 2. The zero-order valence-electron chi connectivity index (χ0n) is 14.8. The van der Waals surface area contributed by atoms with E-state index < -0.39 is 0 Å². The van der Waals surface area contributed by atoms with Gasteiger partial charge in [0.25, 0.3) is 0 Å². The number of hydrogen-bond acceptors (Lipinski definition) is 7. The van der Waals surface area contributed by atoms with Gasteiger partial charge in [-0.3, -0.25) is 19.6 Å². The van der Waals surface area contributed by atoms with Crippen LogP contribution in [0, 0.1) is 0 Å². The second-order valence-corrected chi connectivity index (χ2v) is 6.65. The quantitative estimate of drug-likeness (QED) is 0.662. The number of amides is 2. The third kappa shape index (κ3) is 3.23. The number of anilines is 1. The molecule has 1 aromatic carbocycles. The number of imide groups is 1. The number of H-pyrrole nitrogens is 1. The molecule has 5 N–H and O–H groups in total. The second kappa shape index (κ2) is 6.75. The van der Waals surface area contributed by atoms with Gasteiger partial charge in [0.1, 0.15) is 5.82 Å². The molecule has 1 aromatic heterocycles. The lowest BCUT2D eigenvalue weighted by atomic mass is 10.1. The second-order valence-electron chi connectivity index (χ2n) is 6.65. The highest BCUT2D eigenvalue weighted by Crippen LogP contribution is 2.25. The Kier molecular flexibility index (Phi) is 4.27. The number of rotatable bonds is 5. The molecule has 27 heavy (non-hydrogen) atoms. The van der Waals surface area contributed by atoms with Crippen molar-refractivity contribution in [2.75, 3.05) is 18.0 Å². The van der Waals surface area contributed by atoms with E-state index in [2.05, 4.69) is 15.2 Å². The number of guanidine groups is 1. The summed E-state index contributed by atoms with van der Waals surface area (Å²) in [5.74, 6) is 0.605. The van der Waals surface area contributed by atoms with E-state index in [1.54, 1.807) is 6.08 Å². The summed E-state index contributed by atoms with van der Waals surface area (Å²) in [5.41, 5.74) is 14.4. The highest BCUT2D eigenvalue weighted by atomic mass is 16.2. The van der Waals surface area contributed by atoms with Crippen molar-refractivity contribution >= 4 is 34.4 Å². The van der Waals surface area contributed by atoms with Crippen molar-refractivity contribution in [2.45, 2.75) is 25.7 Å². The minimum absolute atomic E-state index is 0.0821. The molecule has 4 rings (SSSR count). The van der Waals surface area contributed by atoms with Crippen LogP contribution in [0.25, 0.3) is 10.9 Å². The zero-order chi connectivity index (χ0) is 19.0. The number of likely N-dealkylation sites (tertiary alicyclic amines) is 1. The molecule has 0 atom stereocenters. The highest BCUT2D eigenvalue weighted by molar-refractivity contribution is 6.02. The molecule has 2 aliphatic rings. The minimum atomic E-state index is -0.0821. The average molecular weight is 367 g/mol. The standard InChI is InChI=1S/C18H21N7O2/c19-15-7-9-24(18(20)21-15)11-3-4-14-12(10-11)13(22-23-14)2-1-8-25-16(26)5-6-17(25)27/h3-4,7,10H,1-2,5-6,8-9,19H2,(H2,20,21)(H,22,23). The first-order valence-electron chi connectivity index (χ1n) is 8.90. The van der Waals surface area contributed by atoms with E-state index in [1.165, 1.54) is 4.90 Å². The lowest BCUT2D eigenvalue weighted by molar-refractivity contribution is -0.138. The van der Waals surface area contributed by atoms with E-state index in [9.17, 15) is 9.59 Å². The molecule has 2 aromatic rings. The summed E-state index contributed by atoms with van der Waals surface area (Å²) in [6.07, 6.45) is 3.79. The minimum Gasteiger partial charge on any atom is -0.384 e. The summed E-state index contributed by atoms with van der Waals surface area (Å²) in [5, 5.41) is 8.40. The Labute approximate surface area is 155 Å². The molecule has 140 valence electrons. The van der Waals surface area contributed by atoms with Crippen LogP contribution in [0.15, 0.2) is 35.1 Å². The normalized spacial score (nSPS) is 17.6. The fourth-order valence-electron chi connectivity index (χ4n) is 3.45. The summed E-state index contributed by atoms with van der Waals surface area (Å²) in [4.78, 5) is 30.7. The van der Waals surface area contributed by atoms with Crippen molar-refractivity contribution in [2.24, 2.45) is 16.5 Å². The summed E-state index contributed by atoms with van der Waals surface area (Å²) >= 11 is 0. The van der Waals surface area contributed by atoms with Crippen molar-refractivity contribution in [1.82, 2.24) is 15.1 Å². The predicted molar refractivity (Wildman–Crippen MR) is 102 cm³/mol. The van der Waals surface area contributed by atoms with Gasteiger partial charge in [0.15, 0.2) is 0 Å². The number of benzene rings is 1. The van der Waals surface area contributed by atoms with E-state index in [0.717, 1.165) is 22.3 Å². The van der Waals surface area contributed by atoms with Gasteiger partial charge in [-0.05, 0) is 37.1 Å². The van der Waals surface area contributed by atoms with Crippen LogP contribution in [0.5, 0.6) is 0 Å². The maximum atomic E-state index is 11.7. The highest BCUT2D eigenvalue weighted by Gasteiger charge is 2.28. The molecule has 2 aliphatic heterocycles. The van der Waals surface area contributed by atoms with E-state index >= 15 is 0 Å². The number of nitrogens with zero attached hydrogens (tertiary/aromatic N) is 4. The lowest BCUT2D eigenvalue weighted by Crippen LogP contribution is -2.40.